The molecule has 0 amide bonds. The maximum atomic E-state index is 9.68. The van der Waals surface area contributed by atoms with Crippen LogP contribution in [0.1, 0.15) is 12.8 Å². The second kappa shape index (κ2) is 5.46. The molecule has 3 rings (SSSR count). The number of rotatable bonds is 3. The molecule has 2 aromatic rings. The van der Waals surface area contributed by atoms with E-state index in [1.54, 1.807) is 18.3 Å². The third kappa shape index (κ3) is 2.53. The molecule has 1 aromatic carbocycles. The van der Waals surface area contributed by atoms with Crippen molar-refractivity contribution in [2.75, 3.05) is 24.4 Å². The van der Waals surface area contributed by atoms with E-state index in [1.165, 1.54) is 0 Å². The van der Waals surface area contributed by atoms with Crippen molar-refractivity contribution < 1.29 is 9.84 Å². The topological polar surface area (TPSA) is 54.4 Å². The minimum atomic E-state index is -0.188. The number of aromatic hydroxyl groups is 1. The lowest BCUT2D eigenvalue weighted by atomic mass is 9.92. The largest absolute Gasteiger partial charge is 0.508 e. The van der Waals surface area contributed by atoms with Crippen LogP contribution in [0.25, 0.3) is 10.8 Å². The van der Waals surface area contributed by atoms with Crippen LogP contribution in [0.5, 0.6) is 5.75 Å². The summed E-state index contributed by atoms with van der Waals surface area (Å²) in [6, 6.07) is 7.22. The Morgan fingerprint density at radius 3 is 2.85 bits per heavy atom. The molecule has 1 aliphatic rings. The van der Waals surface area contributed by atoms with E-state index in [0.29, 0.717) is 19.1 Å². The van der Waals surface area contributed by atoms with Crippen molar-refractivity contribution in [2.24, 2.45) is 0 Å². The predicted molar refractivity (Wildman–Crippen MR) is 80.5 cm³/mol. The molecule has 0 radical (unpaired) electrons. The number of phenolic OH excluding ortho intramolecular Hbond substituents is 1. The van der Waals surface area contributed by atoms with Crippen LogP contribution in [0.4, 0.5) is 5.82 Å². The highest BCUT2D eigenvalue weighted by atomic mass is 35.5. The van der Waals surface area contributed by atoms with Crippen LogP contribution in [0.2, 0.25) is 0 Å². The molecule has 0 unspecified atom stereocenters. The monoisotopic (exact) mass is 292 g/mol. The molecule has 0 aliphatic carbocycles. The van der Waals surface area contributed by atoms with Crippen molar-refractivity contribution in [2.45, 2.75) is 18.4 Å². The summed E-state index contributed by atoms with van der Waals surface area (Å²) >= 11 is 6.17. The van der Waals surface area contributed by atoms with E-state index >= 15 is 0 Å². The van der Waals surface area contributed by atoms with Crippen LogP contribution < -0.4 is 5.32 Å². The zero-order valence-corrected chi connectivity index (χ0v) is 11.9. The summed E-state index contributed by atoms with van der Waals surface area (Å²) in [6.07, 6.45) is 3.48. The number of hydrogen-bond donors (Lipinski definition) is 2. The van der Waals surface area contributed by atoms with Crippen molar-refractivity contribution in [1.29, 1.82) is 0 Å². The summed E-state index contributed by atoms with van der Waals surface area (Å²) in [6.45, 7) is 1.41. The maximum absolute atomic E-state index is 9.68. The Morgan fingerprint density at radius 1 is 1.30 bits per heavy atom. The van der Waals surface area contributed by atoms with Crippen molar-refractivity contribution in [3.8, 4) is 5.75 Å². The van der Waals surface area contributed by atoms with Crippen LogP contribution >= 0.6 is 11.6 Å². The maximum Gasteiger partial charge on any atom is 0.134 e. The van der Waals surface area contributed by atoms with Crippen LogP contribution in [-0.2, 0) is 4.74 Å². The minimum Gasteiger partial charge on any atom is -0.508 e. The van der Waals surface area contributed by atoms with Gasteiger partial charge in [-0.25, -0.2) is 4.98 Å². The lowest BCUT2D eigenvalue weighted by molar-refractivity contribution is 0.0667. The zero-order valence-electron chi connectivity index (χ0n) is 11.1. The Hall–Kier alpha value is -1.52. The zero-order chi connectivity index (χ0) is 14.0. The summed E-state index contributed by atoms with van der Waals surface area (Å²) in [5, 5.41) is 15.1. The molecule has 2 heterocycles. The van der Waals surface area contributed by atoms with E-state index < -0.39 is 0 Å². The second-order valence-electron chi connectivity index (χ2n) is 5.22. The van der Waals surface area contributed by atoms with E-state index in [9.17, 15) is 5.11 Å². The molecule has 1 fully saturated rings. The third-order valence-electron chi connectivity index (χ3n) is 3.84. The van der Waals surface area contributed by atoms with Crippen molar-refractivity contribution in [3.63, 3.8) is 0 Å². The van der Waals surface area contributed by atoms with Gasteiger partial charge in [0, 0.05) is 30.7 Å². The second-order valence-corrected chi connectivity index (χ2v) is 5.48. The minimum absolute atomic E-state index is 0.188. The Bertz CT molecular complexity index is 612. The Balaban J connectivity index is 1.99. The SMILES string of the molecule is Oc1ccc2ccnc(NC3(CCl)CCOCC3)c2c1. The fourth-order valence-corrected chi connectivity index (χ4v) is 2.90. The molecule has 20 heavy (non-hydrogen) atoms. The molecule has 4 nitrogen and oxygen atoms in total. The van der Waals surface area contributed by atoms with E-state index in [-0.39, 0.29) is 11.3 Å². The van der Waals surface area contributed by atoms with Crippen molar-refractivity contribution in [1.82, 2.24) is 4.98 Å². The summed E-state index contributed by atoms with van der Waals surface area (Å²) in [5.74, 6) is 1.51. The van der Waals surface area contributed by atoms with Gasteiger partial charge >= 0.3 is 0 Å². The molecule has 0 saturated carbocycles. The number of alkyl halides is 1. The van der Waals surface area contributed by atoms with Crippen LogP contribution in [-0.4, -0.2) is 34.7 Å². The van der Waals surface area contributed by atoms with E-state index in [2.05, 4.69) is 10.3 Å². The Morgan fingerprint density at radius 2 is 2.10 bits per heavy atom. The molecular weight excluding hydrogens is 276 g/mol. The summed E-state index contributed by atoms with van der Waals surface area (Å²) in [7, 11) is 0. The lowest BCUT2D eigenvalue weighted by Gasteiger charge is -2.37. The number of phenols is 1. The highest BCUT2D eigenvalue weighted by molar-refractivity contribution is 6.19. The summed E-state index contributed by atoms with van der Waals surface area (Å²) < 4.78 is 5.41. The number of pyridine rings is 1. The number of halogens is 1. The van der Waals surface area contributed by atoms with Crippen LogP contribution in [0.15, 0.2) is 30.5 Å². The molecule has 0 bridgehead atoms. The fourth-order valence-electron chi connectivity index (χ4n) is 2.56. The predicted octanol–water partition coefficient (Wildman–Crippen LogP) is 3.14. The highest BCUT2D eigenvalue weighted by Crippen LogP contribution is 2.31. The van der Waals surface area contributed by atoms with Crippen LogP contribution in [0, 0.1) is 0 Å². The van der Waals surface area contributed by atoms with Gasteiger partial charge in [-0.2, -0.15) is 0 Å². The molecule has 1 saturated heterocycles. The van der Waals surface area contributed by atoms with Crippen molar-refractivity contribution >= 4 is 28.2 Å². The number of fused-ring (bicyclic) bond motifs is 1. The van der Waals surface area contributed by atoms with Gasteiger partial charge in [0.25, 0.3) is 0 Å². The molecule has 0 atom stereocenters. The first-order valence-electron chi connectivity index (χ1n) is 6.72. The fraction of sp³-hybridized carbons (Fsp3) is 0.400. The summed E-state index contributed by atoms with van der Waals surface area (Å²) in [5.41, 5.74) is -0.188. The van der Waals surface area contributed by atoms with Gasteiger partial charge < -0.3 is 15.2 Å². The van der Waals surface area contributed by atoms with E-state index in [4.69, 9.17) is 16.3 Å². The van der Waals surface area contributed by atoms with Gasteiger partial charge in [-0.1, -0.05) is 6.07 Å². The van der Waals surface area contributed by atoms with Gasteiger partial charge in [0.05, 0.1) is 5.54 Å². The van der Waals surface area contributed by atoms with Gasteiger partial charge in [0.15, 0.2) is 0 Å². The first-order valence-corrected chi connectivity index (χ1v) is 7.26. The molecular formula is C15H17ClN2O2. The molecule has 5 heteroatoms. The molecule has 0 spiro atoms. The third-order valence-corrected chi connectivity index (χ3v) is 4.35. The van der Waals surface area contributed by atoms with Gasteiger partial charge in [0.1, 0.15) is 11.6 Å². The number of nitrogens with zero attached hydrogens (tertiary/aromatic N) is 1. The first kappa shape index (κ1) is 13.5. The average molecular weight is 293 g/mol. The van der Waals surface area contributed by atoms with Gasteiger partial charge in [0.2, 0.25) is 0 Å². The molecule has 2 N–H and O–H groups in total. The average Bonchev–Trinajstić information content (AvgIpc) is 2.49. The standard InChI is InChI=1S/C15H17ClN2O2/c16-10-15(4-7-20-8-5-15)18-14-13-9-12(19)2-1-11(13)3-6-17-14/h1-3,6,9,19H,4-5,7-8,10H2,(H,17,18). The molecule has 106 valence electrons. The number of benzene rings is 1. The quantitative estimate of drug-likeness (QED) is 0.854. The normalized spacial score (nSPS) is 18.1. The lowest BCUT2D eigenvalue weighted by Crippen LogP contribution is -2.45. The number of aromatic nitrogens is 1. The van der Waals surface area contributed by atoms with E-state index in [1.807, 2.05) is 12.1 Å². The smallest absolute Gasteiger partial charge is 0.134 e. The molecule has 1 aliphatic heterocycles. The number of hydrogen-bond acceptors (Lipinski definition) is 4. The summed E-state index contributed by atoms with van der Waals surface area (Å²) in [4.78, 5) is 4.41. The van der Waals surface area contributed by atoms with Gasteiger partial charge in [-0.05, 0) is 36.4 Å². The van der Waals surface area contributed by atoms with Crippen molar-refractivity contribution in [3.05, 3.63) is 30.5 Å². The van der Waals surface area contributed by atoms with Gasteiger partial charge in [-0.3, -0.25) is 0 Å². The number of nitrogens with one attached hydrogen (secondary N) is 1. The Kier molecular flexibility index (Phi) is 3.68. The molecule has 1 aromatic heterocycles. The number of anilines is 1. The van der Waals surface area contributed by atoms with Crippen LogP contribution in [0.3, 0.4) is 0 Å². The van der Waals surface area contributed by atoms with Gasteiger partial charge in [-0.15, -0.1) is 11.6 Å². The Labute approximate surface area is 122 Å². The first-order chi connectivity index (χ1) is 9.72. The number of ether oxygens (including phenoxy) is 1. The highest BCUT2D eigenvalue weighted by Gasteiger charge is 2.32. The van der Waals surface area contributed by atoms with E-state index in [0.717, 1.165) is 29.4 Å².